The van der Waals surface area contributed by atoms with Crippen LogP contribution in [-0.2, 0) is 17.3 Å². The fourth-order valence-electron chi connectivity index (χ4n) is 6.95. The molecule has 0 aliphatic carbocycles. The second kappa shape index (κ2) is 14.6. The number of fused-ring (bicyclic) bond motifs is 2. The van der Waals surface area contributed by atoms with Crippen LogP contribution < -0.4 is 4.90 Å². The van der Waals surface area contributed by atoms with Crippen molar-refractivity contribution in [2.45, 2.75) is 103 Å². The quantitative estimate of drug-likeness (QED) is 0.108. The van der Waals surface area contributed by atoms with E-state index in [1.807, 2.05) is 12.1 Å². The lowest BCUT2D eigenvalue weighted by molar-refractivity contribution is -0.437. The predicted octanol–water partition coefficient (Wildman–Crippen LogP) is 11.2. The van der Waals surface area contributed by atoms with Crippen molar-refractivity contribution in [1.29, 1.82) is 0 Å². The van der Waals surface area contributed by atoms with Gasteiger partial charge in [-0.3, -0.25) is 0 Å². The summed E-state index contributed by atoms with van der Waals surface area (Å²) >= 11 is 3.31. The standard InChI is InChI=1S/C40H49F2N4S2/c1-10-22-45-32-18-16-28(41)24-30(32)39(6,7)34(45)20-14-26(5)37(48-38-44-43-36(13-4)47-38)27(12-3)15-21-35-40(8,9)31-25-29(42)17-19-33(31)46(35)23-11-2/h14-21,24-25H,10-13,22-23H2,1-9H3/q+1. The number of aryl methyl sites for hydroxylation is 1. The van der Waals surface area contributed by atoms with Gasteiger partial charge in [-0.1, -0.05) is 76.8 Å². The van der Waals surface area contributed by atoms with E-state index in [1.165, 1.54) is 11.3 Å². The van der Waals surface area contributed by atoms with Gasteiger partial charge in [-0.25, -0.2) is 8.78 Å². The Labute approximate surface area is 294 Å². The zero-order chi connectivity index (χ0) is 34.8. The van der Waals surface area contributed by atoms with Gasteiger partial charge in [0.05, 0.1) is 5.41 Å². The van der Waals surface area contributed by atoms with Crippen molar-refractivity contribution >= 4 is 40.2 Å². The van der Waals surface area contributed by atoms with Gasteiger partial charge in [0.25, 0.3) is 0 Å². The molecule has 0 N–H and O–H groups in total. The Bertz CT molecular complexity index is 1840. The minimum Gasteiger partial charge on any atom is -0.344 e. The molecule has 2 aliphatic heterocycles. The third kappa shape index (κ3) is 6.88. The minimum absolute atomic E-state index is 0.203. The summed E-state index contributed by atoms with van der Waals surface area (Å²) in [5.74, 6) is -0.407. The third-order valence-electron chi connectivity index (χ3n) is 9.51. The molecule has 5 rings (SSSR count). The topological polar surface area (TPSA) is 32.0 Å². The monoisotopic (exact) mass is 687 g/mol. The van der Waals surface area contributed by atoms with E-state index in [2.05, 4.69) is 106 Å². The summed E-state index contributed by atoms with van der Waals surface area (Å²) in [6, 6.07) is 10.3. The zero-order valence-electron chi connectivity index (χ0n) is 29.9. The molecule has 0 spiro atoms. The molecule has 0 amide bonds. The molecule has 48 heavy (non-hydrogen) atoms. The number of allylic oxidation sites excluding steroid dienone is 7. The molecule has 8 heteroatoms. The van der Waals surface area contributed by atoms with Crippen LogP contribution in [-0.4, -0.2) is 33.6 Å². The Morgan fingerprint density at radius 2 is 1.65 bits per heavy atom. The molecule has 0 fully saturated rings. The smallest absolute Gasteiger partial charge is 0.209 e. The summed E-state index contributed by atoms with van der Waals surface area (Å²) in [5, 5.41) is 9.95. The molecule has 254 valence electrons. The Kier molecular flexibility index (Phi) is 11.0. The molecule has 4 nitrogen and oxygen atoms in total. The fourth-order valence-corrected chi connectivity index (χ4v) is 8.99. The summed E-state index contributed by atoms with van der Waals surface area (Å²) in [5.41, 5.74) is 8.17. The molecule has 3 aromatic rings. The van der Waals surface area contributed by atoms with Gasteiger partial charge in [-0.05, 0) is 93.2 Å². The average molecular weight is 688 g/mol. The Hall–Kier alpha value is -3.36. The highest BCUT2D eigenvalue weighted by atomic mass is 32.2. The number of anilines is 1. The van der Waals surface area contributed by atoms with E-state index in [0.29, 0.717) is 0 Å². The highest BCUT2D eigenvalue weighted by Crippen LogP contribution is 2.48. The lowest BCUT2D eigenvalue weighted by atomic mass is 9.81. The lowest BCUT2D eigenvalue weighted by Crippen LogP contribution is -2.28. The summed E-state index contributed by atoms with van der Waals surface area (Å²) in [7, 11) is 0. The Balaban J connectivity index is 1.61. The van der Waals surface area contributed by atoms with Gasteiger partial charge in [-0.15, -0.1) is 10.2 Å². The van der Waals surface area contributed by atoms with Gasteiger partial charge in [0.2, 0.25) is 5.69 Å². The maximum absolute atomic E-state index is 14.4. The molecule has 0 radical (unpaired) electrons. The maximum atomic E-state index is 14.4. The summed E-state index contributed by atoms with van der Waals surface area (Å²) in [6.07, 6.45) is 12.6. The number of rotatable bonds is 12. The van der Waals surface area contributed by atoms with Crippen LogP contribution in [0.15, 0.2) is 86.8 Å². The zero-order valence-corrected chi connectivity index (χ0v) is 31.5. The molecule has 0 saturated heterocycles. The largest absolute Gasteiger partial charge is 0.344 e. The van der Waals surface area contributed by atoms with E-state index in [9.17, 15) is 8.78 Å². The molecular formula is C40H49F2N4S2+. The Morgan fingerprint density at radius 3 is 2.29 bits per heavy atom. The van der Waals surface area contributed by atoms with Crippen LogP contribution in [0, 0.1) is 11.6 Å². The molecular weight excluding hydrogens is 639 g/mol. The average Bonchev–Trinajstić information content (AvgIpc) is 3.65. The molecule has 0 unspecified atom stereocenters. The van der Waals surface area contributed by atoms with Crippen molar-refractivity contribution in [2.75, 3.05) is 18.0 Å². The number of benzene rings is 2. The first kappa shape index (κ1) is 35.9. The first-order valence-corrected chi connectivity index (χ1v) is 18.8. The van der Waals surface area contributed by atoms with Crippen LogP contribution in [0.25, 0.3) is 0 Å². The van der Waals surface area contributed by atoms with Gasteiger partial charge in [0, 0.05) is 52.4 Å². The number of hydrogen-bond donors (Lipinski definition) is 0. The van der Waals surface area contributed by atoms with Crippen molar-refractivity contribution in [3.05, 3.63) is 110 Å². The minimum atomic E-state index is -0.342. The van der Waals surface area contributed by atoms with Crippen LogP contribution in [0.4, 0.5) is 20.2 Å². The summed E-state index contributed by atoms with van der Waals surface area (Å²) in [4.78, 5) is 3.50. The highest BCUT2D eigenvalue weighted by Gasteiger charge is 2.44. The second-order valence-corrected chi connectivity index (χ2v) is 15.9. The number of halogens is 2. The number of hydrogen-bond acceptors (Lipinski definition) is 5. The van der Waals surface area contributed by atoms with Crippen molar-refractivity contribution < 1.29 is 13.4 Å². The van der Waals surface area contributed by atoms with E-state index in [0.717, 1.165) is 86.8 Å². The number of aromatic nitrogens is 2. The van der Waals surface area contributed by atoms with Crippen molar-refractivity contribution in [1.82, 2.24) is 10.2 Å². The lowest BCUT2D eigenvalue weighted by Gasteiger charge is -2.27. The van der Waals surface area contributed by atoms with Crippen molar-refractivity contribution in [2.24, 2.45) is 0 Å². The Morgan fingerprint density at radius 1 is 0.938 bits per heavy atom. The first-order valence-electron chi connectivity index (χ1n) is 17.2. The fraction of sp³-hybridized carbons (Fsp3) is 0.425. The van der Waals surface area contributed by atoms with Gasteiger partial charge in [0.1, 0.15) is 23.2 Å². The SMILES string of the molecule is CCCN1/C(=C/C=C(CC)/C(Sc2nnc(CC)s2)=C(C)/C=C/C2=[N+](CCC)c3ccc(F)cc3C2(C)C)C(C)(C)c2cc(F)ccc21. The highest BCUT2D eigenvalue weighted by molar-refractivity contribution is 8.04. The molecule has 2 aliphatic rings. The normalized spacial score (nSPS) is 18.3. The number of thioether (sulfide) groups is 1. The maximum Gasteiger partial charge on any atom is 0.209 e. The third-order valence-corrected chi connectivity index (χ3v) is 11.9. The second-order valence-electron chi connectivity index (χ2n) is 13.6. The van der Waals surface area contributed by atoms with Crippen molar-refractivity contribution in [3.63, 3.8) is 0 Å². The summed E-state index contributed by atoms with van der Waals surface area (Å²) < 4.78 is 32.1. The number of nitrogens with zero attached hydrogens (tertiary/aromatic N) is 4. The van der Waals surface area contributed by atoms with Crippen LogP contribution in [0.1, 0.15) is 97.7 Å². The van der Waals surface area contributed by atoms with Crippen LogP contribution in [0.5, 0.6) is 0 Å². The van der Waals surface area contributed by atoms with E-state index >= 15 is 0 Å². The van der Waals surface area contributed by atoms with Crippen LogP contribution in [0.2, 0.25) is 0 Å². The first-order chi connectivity index (χ1) is 22.9. The van der Waals surface area contributed by atoms with E-state index in [-0.39, 0.29) is 22.5 Å². The van der Waals surface area contributed by atoms with Gasteiger partial charge in [-0.2, -0.15) is 4.58 Å². The van der Waals surface area contributed by atoms with Gasteiger partial charge < -0.3 is 4.90 Å². The molecule has 1 aromatic heterocycles. The van der Waals surface area contributed by atoms with Crippen molar-refractivity contribution in [3.8, 4) is 0 Å². The van der Waals surface area contributed by atoms with E-state index in [4.69, 9.17) is 0 Å². The van der Waals surface area contributed by atoms with E-state index < -0.39 is 0 Å². The van der Waals surface area contributed by atoms with E-state index in [1.54, 1.807) is 47.4 Å². The molecule has 3 heterocycles. The van der Waals surface area contributed by atoms with Gasteiger partial charge in [0.15, 0.2) is 10.1 Å². The van der Waals surface area contributed by atoms with Crippen LogP contribution in [0.3, 0.4) is 0 Å². The molecule has 0 atom stereocenters. The van der Waals surface area contributed by atoms with Gasteiger partial charge >= 0.3 is 0 Å². The molecule has 0 saturated carbocycles. The molecule has 0 bridgehead atoms. The summed E-state index contributed by atoms with van der Waals surface area (Å²) in [6.45, 7) is 21.3. The van der Waals surface area contributed by atoms with Crippen LogP contribution >= 0.6 is 23.1 Å². The molecule has 2 aromatic carbocycles. The predicted molar refractivity (Wildman–Crippen MR) is 200 cm³/mol.